The van der Waals surface area contributed by atoms with Gasteiger partial charge >= 0.3 is 0 Å². The number of aliphatic hydroxyl groups excluding tert-OH is 1. The lowest BCUT2D eigenvalue weighted by Gasteiger charge is -2.09. The Balaban J connectivity index is 2.31. The Bertz CT molecular complexity index is 724. The van der Waals surface area contributed by atoms with Gasteiger partial charge in [0.25, 0.3) is 0 Å². The number of fused-ring (bicyclic) bond motifs is 1. The molecule has 4 nitrogen and oxygen atoms in total. The van der Waals surface area contributed by atoms with E-state index >= 15 is 0 Å². The van der Waals surface area contributed by atoms with Crippen molar-refractivity contribution < 1.29 is 5.11 Å². The van der Waals surface area contributed by atoms with Crippen molar-refractivity contribution in [3.05, 3.63) is 52.9 Å². The molecule has 5 heteroatoms. The minimum absolute atomic E-state index is 0.0633. The maximum absolute atomic E-state index is 9.20. The number of hydrogen-bond acceptors (Lipinski definition) is 3. The van der Waals surface area contributed by atoms with Gasteiger partial charge in [0.2, 0.25) is 0 Å². The third-order valence-electron chi connectivity index (χ3n) is 2.91. The number of nitrogens with zero attached hydrogens (tertiary/aromatic N) is 3. The van der Waals surface area contributed by atoms with Crippen LogP contribution < -0.4 is 0 Å². The SMILES string of the molecule is OCCc1nc2cccnc2n1-c1ccccc1Br. The van der Waals surface area contributed by atoms with E-state index in [9.17, 15) is 5.11 Å². The van der Waals surface area contributed by atoms with E-state index < -0.39 is 0 Å². The molecule has 0 fully saturated rings. The summed E-state index contributed by atoms with van der Waals surface area (Å²) >= 11 is 3.55. The van der Waals surface area contributed by atoms with Crippen molar-refractivity contribution in [3.8, 4) is 5.69 Å². The highest BCUT2D eigenvalue weighted by atomic mass is 79.9. The lowest BCUT2D eigenvalue weighted by molar-refractivity contribution is 0.296. The minimum atomic E-state index is 0.0633. The Hall–Kier alpha value is -1.72. The molecular formula is C14H12BrN3O. The van der Waals surface area contributed by atoms with Gasteiger partial charge in [0.1, 0.15) is 11.3 Å². The van der Waals surface area contributed by atoms with Crippen LogP contribution in [0.2, 0.25) is 0 Å². The highest BCUT2D eigenvalue weighted by Crippen LogP contribution is 2.26. The van der Waals surface area contributed by atoms with Gasteiger partial charge in [-0.2, -0.15) is 0 Å². The molecule has 0 radical (unpaired) electrons. The second kappa shape index (κ2) is 5.11. The van der Waals surface area contributed by atoms with Crippen molar-refractivity contribution in [1.82, 2.24) is 14.5 Å². The molecule has 1 N–H and O–H groups in total. The minimum Gasteiger partial charge on any atom is -0.396 e. The van der Waals surface area contributed by atoms with E-state index in [-0.39, 0.29) is 6.61 Å². The van der Waals surface area contributed by atoms with E-state index in [2.05, 4.69) is 25.9 Å². The molecule has 0 aliphatic rings. The topological polar surface area (TPSA) is 50.9 Å². The molecule has 0 bridgehead atoms. The van der Waals surface area contributed by atoms with Crippen molar-refractivity contribution >= 4 is 27.1 Å². The summed E-state index contributed by atoms with van der Waals surface area (Å²) in [5.74, 6) is 0.808. The number of imidazole rings is 1. The molecule has 3 aromatic rings. The lowest BCUT2D eigenvalue weighted by Crippen LogP contribution is -2.04. The van der Waals surface area contributed by atoms with Gasteiger partial charge in [-0.05, 0) is 40.2 Å². The number of rotatable bonds is 3. The Morgan fingerprint density at radius 1 is 1.16 bits per heavy atom. The Labute approximate surface area is 118 Å². The second-order valence-electron chi connectivity index (χ2n) is 4.13. The van der Waals surface area contributed by atoms with Gasteiger partial charge in [0, 0.05) is 17.1 Å². The van der Waals surface area contributed by atoms with E-state index in [4.69, 9.17) is 0 Å². The molecule has 3 rings (SSSR count). The van der Waals surface area contributed by atoms with Gasteiger partial charge in [-0.3, -0.25) is 4.57 Å². The molecule has 0 saturated carbocycles. The predicted molar refractivity (Wildman–Crippen MR) is 77.4 cm³/mol. The van der Waals surface area contributed by atoms with E-state index in [0.29, 0.717) is 6.42 Å². The fourth-order valence-corrected chi connectivity index (χ4v) is 2.58. The van der Waals surface area contributed by atoms with Crippen LogP contribution in [0, 0.1) is 0 Å². The first-order chi connectivity index (χ1) is 9.31. The number of aliphatic hydroxyl groups is 1. The van der Waals surface area contributed by atoms with E-state index in [0.717, 1.165) is 27.1 Å². The first-order valence-electron chi connectivity index (χ1n) is 5.99. The number of pyridine rings is 1. The number of aromatic nitrogens is 3. The third-order valence-corrected chi connectivity index (χ3v) is 3.58. The van der Waals surface area contributed by atoms with Crippen LogP contribution in [0.5, 0.6) is 0 Å². The molecule has 0 aliphatic heterocycles. The Morgan fingerprint density at radius 3 is 2.79 bits per heavy atom. The van der Waals surface area contributed by atoms with Crippen molar-refractivity contribution in [2.24, 2.45) is 0 Å². The summed E-state index contributed by atoms with van der Waals surface area (Å²) in [5, 5.41) is 9.20. The van der Waals surface area contributed by atoms with E-state index in [1.807, 2.05) is 41.0 Å². The molecular weight excluding hydrogens is 306 g/mol. The molecule has 0 amide bonds. The molecule has 2 aromatic heterocycles. The zero-order valence-electron chi connectivity index (χ0n) is 10.1. The van der Waals surface area contributed by atoms with Crippen LogP contribution in [0.1, 0.15) is 5.82 Å². The Morgan fingerprint density at radius 2 is 2.00 bits per heavy atom. The highest BCUT2D eigenvalue weighted by Gasteiger charge is 2.14. The molecule has 0 spiro atoms. The van der Waals surface area contributed by atoms with Crippen LogP contribution >= 0.6 is 15.9 Å². The molecule has 2 heterocycles. The van der Waals surface area contributed by atoms with Crippen molar-refractivity contribution in [2.45, 2.75) is 6.42 Å². The van der Waals surface area contributed by atoms with Gasteiger partial charge < -0.3 is 5.11 Å². The molecule has 96 valence electrons. The van der Waals surface area contributed by atoms with Crippen molar-refractivity contribution in [1.29, 1.82) is 0 Å². The van der Waals surface area contributed by atoms with E-state index in [1.165, 1.54) is 0 Å². The monoisotopic (exact) mass is 317 g/mol. The fourth-order valence-electron chi connectivity index (χ4n) is 2.11. The summed E-state index contributed by atoms with van der Waals surface area (Å²) in [6.45, 7) is 0.0633. The summed E-state index contributed by atoms with van der Waals surface area (Å²) in [6.07, 6.45) is 2.25. The maximum atomic E-state index is 9.20. The van der Waals surface area contributed by atoms with Gasteiger partial charge in [-0.25, -0.2) is 9.97 Å². The van der Waals surface area contributed by atoms with Gasteiger partial charge in [0.05, 0.1) is 12.3 Å². The average molecular weight is 318 g/mol. The van der Waals surface area contributed by atoms with Crippen molar-refractivity contribution in [3.63, 3.8) is 0 Å². The quantitative estimate of drug-likeness (QED) is 0.808. The third kappa shape index (κ3) is 2.15. The Kier molecular flexibility index (Phi) is 3.31. The van der Waals surface area contributed by atoms with E-state index in [1.54, 1.807) is 6.20 Å². The molecule has 0 saturated heterocycles. The number of hydrogen-bond donors (Lipinski definition) is 1. The standard InChI is InChI=1S/C14H12BrN3O/c15-10-4-1-2-6-12(10)18-13(7-9-19)17-11-5-3-8-16-14(11)18/h1-6,8,19H,7,9H2. The molecule has 1 aromatic carbocycles. The van der Waals surface area contributed by atoms with Crippen LogP contribution in [0.25, 0.3) is 16.9 Å². The first-order valence-corrected chi connectivity index (χ1v) is 6.78. The average Bonchev–Trinajstić information content (AvgIpc) is 2.78. The maximum Gasteiger partial charge on any atom is 0.164 e. The largest absolute Gasteiger partial charge is 0.396 e. The van der Waals surface area contributed by atoms with Crippen LogP contribution in [0.3, 0.4) is 0 Å². The highest BCUT2D eigenvalue weighted by molar-refractivity contribution is 9.10. The van der Waals surface area contributed by atoms with Crippen molar-refractivity contribution in [2.75, 3.05) is 6.61 Å². The summed E-state index contributed by atoms with van der Waals surface area (Å²) in [7, 11) is 0. The summed E-state index contributed by atoms with van der Waals surface area (Å²) < 4.78 is 2.95. The lowest BCUT2D eigenvalue weighted by atomic mass is 10.3. The second-order valence-corrected chi connectivity index (χ2v) is 4.99. The summed E-state index contributed by atoms with van der Waals surface area (Å²) in [6, 6.07) is 11.7. The van der Waals surface area contributed by atoms with Gasteiger partial charge in [0.15, 0.2) is 5.65 Å². The number of halogens is 1. The number of benzene rings is 1. The molecule has 19 heavy (non-hydrogen) atoms. The predicted octanol–water partition coefficient (Wildman–Crippen LogP) is 2.72. The molecule has 0 unspecified atom stereocenters. The molecule has 0 atom stereocenters. The molecule has 0 aliphatic carbocycles. The zero-order valence-corrected chi connectivity index (χ0v) is 11.7. The van der Waals surface area contributed by atoms with Crippen LogP contribution in [0.15, 0.2) is 47.1 Å². The van der Waals surface area contributed by atoms with Gasteiger partial charge in [-0.15, -0.1) is 0 Å². The van der Waals surface area contributed by atoms with Crippen LogP contribution in [-0.4, -0.2) is 26.2 Å². The fraction of sp³-hybridized carbons (Fsp3) is 0.143. The number of para-hydroxylation sites is 1. The normalized spacial score (nSPS) is 11.1. The van der Waals surface area contributed by atoms with Gasteiger partial charge in [-0.1, -0.05) is 12.1 Å². The van der Waals surface area contributed by atoms with Crippen LogP contribution in [-0.2, 0) is 6.42 Å². The smallest absolute Gasteiger partial charge is 0.164 e. The first kappa shape index (κ1) is 12.3. The zero-order chi connectivity index (χ0) is 13.2. The summed E-state index contributed by atoms with van der Waals surface area (Å²) in [4.78, 5) is 8.94. The summed E-state index contributed by atoms with van der Waals surface area (Å²) in [5.41, 5.74) is 2.62. The van der Waals surface area contributed by atoms with Crippen LogP contribution in [0.4, 0.5) is 0 Å².